The molecule has 7 nitrogen and oxygen atoms in total. The van der Waals surface area contributed by atoms with Crippen molar-refractivity contribution < 1.29 is 32.9 Å². The van der Waals surface area contributed by atoms with Crippen LogP contribution in [0.3, 0.4) is 0 Å². The summed E-state index contributed by atoms with van der Waals surface area (Å²) in [6, 6.07) is 29.5. The lowest BCUT2D eigenvalue weighted by Crippen LogP contribution is -2.67. The average molecular weight is 685 g/mol. The van der Waals surface area contributed by atoms with Crippen LogP contribution in [-0.2, 0) is 34.8 Å². The third-order valence-electron chi connectivity index (χ3n) is 10.5. The van der Waals surface area contributed by atoms with Gasteiger partial charge in [0.25, 0.3) is 8.32 Å². The standard InChI is InChI=1S/C41H52O7Si/c1-28(26-45-49(40(3,4)5,32-14-10-8-11-15-32)33-16-12-9-13-17-33)22-34-36(44-27-30-18-20-31(43-7)21-19-30)25-41(6)37(46-34)24-35-39(48-41)29(2)23-38(42)47-35/h8-21,23,28,34-37,39H,22,24-27H2,1-7H3/t28?,34-,35-,36+,37+,39+,41-/m0/s1. The summed E-state index contributed by atoms with van der Waals surface area (Å²) >= 11 is 0. The molecule has 0 bridgehead atoms. The molecule has 3 aliphatic rings. The zero-order chi connectivity index (χ0) is 34.8. The minimum absolute atomic E-state index is 0.109. The zero-order valence-corrected chi connectivity index (χ0v) is 31.0. The van der Waals surface area contributed by atoms with Crippen LogP contribution in [0.15, 0.2) is 96.6 Å². The highest BCUT2D eigenvalue weighted by molar-refractivity contribution is 6.99. The molecule has 2 saturated heterocycles. The number of carbonyl (C=O) groups excluding carboxylic acids is 1. The number of esters is 1. The second-order valence-corrected chi connectivity index (χ2v) is 19.6. The molecule has 8 heteroatoms. The minimum atomic E-state index is -2.69. The van der Waals surface area contributed by atoms with E-state index in [9.17, 15) is 4.79 Å². The van der Waals surface area contributed by atoms with Crippen LogP contribution in [0.2, 0.25) is 5.04 Å². The first-order valence-electron chi connectivity index (χ1n) is 17.6. The highest BCUT2D eigenvalue weighted by Crippen LogP contribution is 2.45. The molecule has 3 aliphatic heterocycles. The van der Waals surface area contributed by atoms with Gasteiger partial charge in [0.1, 0.15) is 18.0 Å². The molecule has 6 rings (SSSR count). The van der Waals surface area contributed by atoms with E-state index in [0.29, 0.717) is 26.1 Å². The number of hydrogen-bond acceptors (Lipinski definition) is 7. The van der Waals surface area contributed by atoms with Crippen LogP contribution >= 0.6 is 0 Å². The topological polar surface area (TPSA) is 72.5 Å². The number of fused-ring (bicyclic) bond motifs is 2. The first-order chi connectivity index (χ1) is 23.4. The molecule has 0 saturated carbocycles. The maximum atomic E-state index is 12.3. The molecule has 0 aliphatic carbocycles. The lowest BCUT2D eigenvalue weighted by Gasteiger charge is -2.54. The van der Waals surface area contributed by atoms with Crippen molar-refractivity contribution in [3.05, 3.63) is 102 Å². The summed E-state index contributed by atoms with van der Waals surface area (Å²) in [6.45, 7) is 14.3. The van der Waals surface area contributed by atoms with Crippen molar-refractivity contribution in [2.75, 3.05) is 13.7 Å². The molecular formula is C41H52O7Si. The van der Waals surface area contributed by atoms with Crippen LogP contribution in [0.5, 0.6) is 5.75 Å². The first-order valence-corrected chi connectivity index (χ1v) is 19.5. The molecule has 0 spiro atoms. The van der Waals surface area contributed by atoms with E-state index >= 15 is 0 Å². The third kappa shape index (κ3) is 7.44. The van der Waals surface area contributed by atoms with E-state index in [1.54, 1.807) is 13.2 Å². The Bertz CT molecular complexity index is 1550. The first kappa shape index (κ1) is 35.5. The fourth-order valence-electron chi connectivity index (χ4n) is 7.97. The van der Waals surface area contributed by atoms with Crippen molar-refractivity contribution in [2.24, 2.45) is 5.92 Å². The van der Waals surface area contributed by atoms with Gasteiger partial charge in [-0.2, -0.15) is 0 Å². The third-order valence-corrected chi connectivity index (χ3v) is 15.5. The number of hydrogen-bond donors (Lipinski definition) is 0. The van der Waals surface area contributed by atoms with Crippen molar-refractivity contribution in [1.29, 1.82) is 0 Å². The smallest absolute Gasteiger partial charge is 0.331 e. The molecule has 0 N–H and O–H groups in total. The SMILES string of the molecule is COc1ccc(CO[C@@H]2C[C@]3(C)O[C@@H]4C(C)=CC(=O)O[C@H]4C[C@H]3O[C@H]2CC(C)CO[Si](c2ccccc2)(c2ccccc2)C(C)(C)C)cc1. The second-order valence-electron chi connectivity index (χ2n) is 15.3. The van der Waals surface area contributed by atoms with Crippen LogP contribution in [0, 0.1) is 5.92 Å². The van der Waals surface area contributed by atoms with Gasteiger partial charge in [-0.3, -0.25) is 0 Å². The molecule has 0 radical (unpaired) electrons. The fourth-order valence-corrected chi connectivity index (χ4v) is 12.7. The lowest BCUT2D eigenvalue weighted by atomic mass is 9.78. The van der Waals surface area contributed by atoms with E-state index < -0.39 is 13.9 Å². The second kappa shape index (κ2) is 14.5. The minimum Gasteiger partial charge on any atom is -0.497 e. The largest absolute Gasteiger partial charge is 0.497 e. The molecule has 49 heavy (non-hydrogen) atoms. The summed E-state index contributed by atoms with van der Waals surface area (Å²) in [6.07, 6.45) is 2.30. The Hall–Kier alpha value is -3.27. The highest BCUT2D eigenvalue weighted by atomic mass is 28.4. The predicted octanol–water partition coefficient (Wildman–Crippen LogP) is 6.76. The van der Waals surface area contributed by atoms with Gasteiger partial charge in [-0.1, -0.05) is 100 Å². The van der Waals surface area contributed by atoms with E-state index in [4.69, 9.17) is 28.1 Å². The zero-order valence-electron chi connectivity index (χ0n) is 30.0. The number of carbonyl (C=O) groups is 1. The van der Waals surface area contributed by atoms with Gasteiger partial charge in [-0.25, -0.2) is 4.79 Å². The molecule has 7 atom stereocenters. The van der Waals surface area contributed by atoms with Gasteiger partial charge in [-0.15, -0.1) is 0 Å². The van der Waals surface area contributed by atoms with Gasteiger partial charge in [0, 0.05) is 25.5 Å². The van der Waals surface area contributed by atoms with E-state index in [0.717, 1.165) is 23.3 Å². The molecule has 0 aromatic heterocycles. The Morgan fingerprint density at radius 2 is 1.59 bits per heavy atom. The Morgan fingerprint density at radius 3 is 2.18 bits per heavy atom. The quantitative estimate of drug-likeness (QED) is 0.163. The molecule has 262 valence electrons. The summed E-state index contributed by atoms with van der Waals surface area (Å²) in [7, 11) is -1.02. The summed E-state index contributed by atoms with van der Waals surface area (Å²) in [5.41, 5.74) is 1.38. The van der Waals surface area contributed by atoms with E-state index in [1.807, 2.05) is 31.2 Å². The van der Waals surface area contributed by atoms with Crippen molar-refractivity contribution in [3.8, 4) is 5.75 Å². The maximum Gasteiger partial charge on any atom is 0.331 e. The summed E-state index contributed by atoms with van der Waals surface area (Å²) < 4.78 is 38.8. The molecule has 3 aromatic rings. The van der Waals surface area contributed by atoms with Crippen LogP contribution in [0.1, 0.15) is 66.4 Å². The van der Waals surface area contributed by atoms with Crippen LogP contribution in [0.25, 0.3) is 0 Å². The van der Waals surface area contributed by atoms with E-state index in [1.165, 1.54) is 10.4 Å². The fraction of sp³-hybridized carbons (Fsp3) is 0.488. The predicted molar refractivity (Wildman–Crippen MR) is 194 cm³/mol. The monoisotopic (exact) mass is 684 g/mol. The van der Waals surface area contributed by atoms with Gasteiger partial charge < -0.3 is 28.1 Å². The molecule has 1 unspecified atom stereocenters. The van der Waals surface area contributed by atoms with Gasteiger partial charge in [0.2, 0.25) is 0 Å². The molecular weight excluding hydrogens is 633 g/mol. The molecule has 3 aromatic carbocycles. The Morgan fingerprint density at radius 1 is 0.959 bits per heavy atom. The molecule has 3 heterocycles. The Balaban J connectivity index is 1.24. The molecule has 0 amide bonds. The Labute approximate surface area is 293 Å². The normalized spacial score (nSPS) is 27.7. The highest BCUT2D eigenvalue weighted by Gasteiger charge is 2.55. The van der Waals surface area contributed by atoms with Gasteiger partial charge in [0.15, 0.2) is 0 Å². The van der Waals surface area contributed by atoms with Crippen LogP contribution in [0.4, 0.5) is 0 Å². The summed E-state index contributed by atoms with van der Waals surface area (Å²) in [4.78, 5) is 12.3. The van der Waals surface area contributed by atoms with E-state index in [-0.39, 0.29) is 47.4 Å². The number of benzene rings is 3. The summed E-state index contributed by atoms with van der Waals surface area (Å²) in [5, 5.41) is 2.43. The van der Waals surface area contributed by atoms with Gasteiger partial charge in [-0.05, 0) is 64.9 Å². The number of methoxy groups -OCH3 is 1. The van der Waals surface area contributed by atoms with E-state index in [2.05, 4.69) is 95.3 Å². The van der Waals surface area contributed by atoms with Crippen LogP contribution < -0.4 is 15.1 Å². The van der Waals surface area contributed by atoms with Crippen LogP contribution in [-0.4, -0.2) is 64.1 Å². The van der Waals surface area contributed by atoms with Crippen molar-refractivity contribution >= 4 is 24.7 Å². The van der Waals surface area contributed by atoms with Gasteiger partial charge >= 0.3 is 5.97 Å². The lowest BCUT2D eigenvalue weighted by molar-refractivity contribution is -0.290. The van der Waals surface area contributed by atoms with Crippen molar-refractivity contribution in [2.45, 2.75) is 109 Å². The van der Waals surface area contributed by atoms with Gasteiger partial charge in [0.05, 0.1) is 37.6 Å². The summed E-state index contributed by atoms with van der Waals surface area (Å²) in [5.74, 6) is 0.681. The molecule has 2 fully saturated rings. The number of ether oxygens (including phenoxy) is 5. The average Bonchev–Trinajstić information content (AvgIpc) is 3.08. The van der Waals surface area contributed by atoms with Crippen molar-refractivity contribution in [1.82, 2.24) is 0 Å². The maximum absolute atomic E-state index is 12.3. The van der Waals surface area contributed by atoms with Crippen molar-refractivity contribution in [3.63, 3.8) is 0 Å². The number of rotatable bonds is 11. The Kier molecular flexibility index (Phi) is 10.5.